The van der Waals surface area contributed by atoms with E-state index in [0.29, 0.717) is 6.54 Å². The minimum atomic E-state index is -3.71. The largest absolute Gasteiger partial charge is 0.286 e. The van der Waals surface area contributed by atoms with E-state index in [1.54, 1.807) is 36.3 Å². The molecule has 0 bridgehead atoms. The van der Waals surface area contributed by atoms with Crippen LogP contribution in [-0.2, 0) is 10.0 Å². The van der Waals surface area contributed by atoms with E-state index in [2.05, 4.69) is 22.2 Å². The van der Waals surface area contributed by atoms with Gasteiger partial charge >= 0.3 is 0 Å². The summed E-state index contributed by atoms with van der Waals surface area (Å²) in [5.74, 6) is 0.0309. The fourth-order valence-electron chi connectivity index (χ4n) is 3.70. The van der Waals surface area contributed by atoms with E-state index in [-0.39, 0.29) is 10.8 Å². The summed E-state index contributed by atoms with van der Waals surface area (Å²) in [6.07, 6.45) is -0.682. The first-order valence-corrected chi connectivity index (χ1v) is 11.7. The number of aryl methyl sites for hydroxylation is 1. The van der Waals surface area contributed by atoms with Crippen molar-refractivity contribution in [1.29, 1.82) is 0 Å². The number of hydrogen-bond acceptors (Lipinski definition) is 5. The first-order chi connectivity index (χ1) is 15.0. The van der Waals surface area contributed by atoms with E-state index in [1.165, 1.54) is 0 Å². The number of nitrogens with one attached hydrogen (secondary N) is 2. The summed E-state index contributed by atoms with van der Waals surface area (Å²) >= 11 is 0. The zero-order valence-electron chi connectivity index (χ0n) is 17.6. The van der Waals surface area contributed by atoms with Crippen LogP contribution >= 0.6 is 0 Å². The Balaban J connectivity index is 1.64. The van der Waals surface area contributed by atoms with E-state index >= 15 is 0 Å². The van der Waals surface area contributed by atoms with Crippen molar-refractivity contribution in [2.24, 2.45) is 5.10 Å². The Labute approximate surface area is 183 Å². The number of sulfonamides is 1. The van der Waals surface area contributed by atoms with Crippen molar-refractivity contribution < 1.29 is 8.42 Å². The smallest absolute Gasteiger partial charge is 0.243 e. The second-order valence-corrected chi connectivity index (χ2v) is 9.28. The molecule has 3 aromatic carbocycles. The Morgan fingerprint density at radius 3 is 2.16 bits per heavy atom. The molecule has 0 saturated heterocycles. The molecule has 2 N–H and O–H groups in total. The molecule has 31 heavy (non-hydrogen) atoms. The van der Waals surface area contributed by atoms with Gasteiger partial charge in [0.25, 0.3) is 0 Å². The van der Waals surface area contributed by atoms with Gasteiger partial charge < -0.3 is 0 Å². The van der Waals surface area contributed by atoms with Crippen LogP contribution in [0.15, 0.2) is 94.9 Å². The summed E-state index contributed by atoms with van der Waals surface area (Å²) in [6, 6.07) is 27.0. The molecule has 2 atom stereocenters. The standard InChI is InChI=1S/C24H26N4O2S/c1-18-13-15-21(16-14-18)31(29,30)27-24(25-2)28-17-22(19-9-5-3-6-10-19)23(26-28)20-11-7-4-8-12-20/h3-16,22,24-25,27H,17H2,1-2H3. The second-order valence-electron chi connectivity index (χ2n) is 7.56. The Morgan fingerprint density at radius 2 is 1.55 bits per heavy atom. The SMILES string of the molecule is CNC(NS(=O)(=O)c1ccc(C)cc1)N1CC(c2ccccc2)C(c2ccccc2)=N1. The highest BCUT2D eigenvalue weighted by Crippen LogP contribution is 2.29. The zero-order chi connectivity index (χ0) is 21.8. The maximum absolute atomic E-state index is 12.9. The van der Waals surface area contributed by atoms with Crippen molar-refractivity contribution in [3.63, 3.8) is 0 Å². The zero-order valence-corrected chi connectivity index (χ0v) is 18.4. The number of hydrogen-bond donors (Lipinski definition) is 2. The van der Waals surface area contributed by atoms with Gasteiger partial charge in [-0.05, 0) is 37.2 Å². The minimum Gasteiger partial charge on any atom is -0.286 e. The lowest BCUT2D eigenvalue weighted by molar-refractivity contribution is 0.182. The molecule has 3 aromatic rings. The number of benzene rings is 3. The van der Waals surface area contributed by atoms with Crippen molar-refractivity contribution in [3.8, 4) is 0 Å². The van der Waals surface area contributed by atoms with Gasteiger partial charge in [-0.2, -0.15) is 9.82 Å². The maximum atomic E-state index is 12.9. The molecular weight excluding hydrogens is 408 g/mol. The molecule has 0 amide bonds. The van der Waals surface area contributed by atoms with Crippen LogP contribution in [0.2, 0.25) is 0 Å². The quantitative estimate of drug-likeness (QED) is 0.560. The van der Waals surface area contributed by atoms with Crippen LogP contribution in [0.3, 0.4) is 0 Å². The van der Waals surface area contributed by atoms with Crippen molar-refractivity contribution in [1.82, 2.24) is 15.0 Å². The van der Waals surface area contributed by atoms with Crippen LogP contribution in [0.25, 0.3) is 0 Å². The van der Waals surface area contributed by atoms with E-state index in [4.69, 9.17) is 5.10 Å². The van der Waals surface area contributed by atoms with Crippen LogP contribution in [0.4, 0.5) is 0 Å². The second kappa shape index (κ2) is 9.01. The van der Waals surface area contributed by atoms with Crippen molar-refractivity contribution >= 4 is 15.7 Å². The number of nitrogens with zero attached hydrogens (tertiary/aromatic N) is 2. The highest BCUT2D eigenvalue weighted by atomic mass is 32.2. The third-order valence-electron chi connectivity index (χ3n) is 5.38. The first-order valence-electron chi connectivity index (χ1n) is 10.2. The van der Waals surface area contributed by atoms with Gasteiger partial charge in [0, 0.05) is 5.92 Å². The molecule has 0 aromatic heterocycles. The molecule has 0 saturated carbocycles. The number of rotatable bonds is 7. The lowest BCUT2D eigenvalue weighted by Gasteiger charge is -2.27. The van der Waals surface area contributed by atoms with Crippen molar-refractivity contribution in [3.05, 3.63) is 102 Å². The van der Waals surface area contributed by atoms with Gasteiger partial charge in [-0.25, -0.2) is 8.42 Å². The van der Waals surface area contributed by atoms with Gasteiger partial charge in [-0.3, -0.25) is 10.3 Å². The summed E-state index contributed by atoms with van der Waals surface area (Å²) in [5, 5.41) is 9.66. The van der Waals surface area contributed by atoms with E-state index in [9.17, 15) is 8.42 Å². The molecule has 6 nitrogen and oxygen atoms in total. The summed E-state index contributed by atoms with van der Waals surface area (Å²) < 4.78 is 28.6. The average molecular weight is 435 g/mol. The Hall–Kier alpha value is -3.00. The van der Waals surface area contributed by atoms with Gasteiger partial charge in [0.15, 0.2) is 6.29 Å². The minimum absolute atomic E-state index is 0.0309. The molecule has 2 unspecified atom stereocenters. The van der Waals surface area contributed by atoms with Crippen LogP contribution in [0.1, 0.15) is 22.6 Å². The highest BCUT2D eigenvalue weighted by Gasteiger charge is 2.34. The lowest BCUT2D eigenvalue weighted by atomic mass is 9.91. The Morgan fingerprint density at radius 1 is 0.935 bits per heavy atom. The molecule has 7 heteroatoms. The van der Waals surface area contributed by atoms with Gasteiger partial charge in [0.1, 0.15) is 0 Å². The van der Waals surface area contributed by atoms with E-state index in [0.717, 1.165) is 22.4 Å². The first kappa shape index (κ1) is 21.2. The molecular formula is C24H26N4O2S. The molecule has 0 radical (unpaired) electrons. The van der Waals surface area contributed by atoms with Crippen LogP contribution in [-0.4, -0.2) is 39.0 Å². The van der Waals surface area contributed by atoms with Gasteiger partial charge in [-0.1, -0.05) is 78.4 Å². The maximum Gasteiger partial charge on any atom is 0.243 e. The van der Waals surface area contributed by atoms with Gasteiger partial charge in [0.05, 0.1) is 17.2 Å². The molecule has 0 spiro atoms. The molecule has 1 heterocycles. The highest BCUT2D eigenvalue weighted by molar-refractivity contribution is 7.89. The fourth-order valence-corrected chi connectivity index (χ4v) is 4.87. The third kappa shape index (κ3) is 4.69. The van der Waals surface area contributed by atoms with Crippen molar-refractivity contribution in [2.45, 2.75) is 24.0 Å². The van der Waals surface area contributed by atoms with E-state index in [1.807, 2.05) is 55.5 Å². The predicted octanol–water partition coefficient (Wildman–Crippen LogP) is 3.28. The topological polar surface area (TPSA) is 73.8 Å². The normalized spacial score (nSPS) is 17.4. The predicted molar refractivity (Wildman–Crippen MR) is 123 cm³/mol. The van der Waals surface area contributed by atoms with Crippen molar-refractivity contribution in [2.75, 3.05) is 13.6 Å². The van der Waals surface area contributed by atoms with E-state index < -0.39 is 16.3 Å². The third-order valence-corrected chi connectivity index (χ3v) is 6.80. The van der Waals surface area contributed by atoms with Crippen LogP contribution in [0, 0.1) is 6.92 Å². The van der Waals surface area contributed by atoms with Crippen LogP contribution in [0.5, 0.6) is 0 Å². The van der Waals surface area contributed by atoms with Gasteiger partial charge in [0.2, 0.25) is 10.0 Å². The number of hydrazone groups is 1. The molecule has 1 aliphatic heterocycles. The Bertz CT molecular complexity index is 1150. The average Bonchev–Trinajstić information content (AvgIpc) is 3.24. The van der Waals surface area contributed by atoms with Crippen LogP contribution < -0.4 is 10.0 Å². The summed E-state index contributed by atoms with van der Waals surface area (Å²) in [4.78, 5) is 0.226. The molecule has 160 valence electrons. The lowest BCUT2D eigenvalue weighted by Crippen LogP contribution is -2.53. The Kier molecular flexibility index (Phi) is 6.18. The molecule has 1 aliphatic rings. The molecule has 4 rings (SSSR count). The van der Waals surface area contributed by atoms with Gasteiger partial charge in [-0.15, -0.1) is 0 Å². The summed E-state index contributed by atoms with van der Waals surface area (Å²) in [6.45, 7) is 2.48. The summed E-state index contributed by atoms with van der Waals surface area (Å²) in [5.41, 5.74) is 4.09. The summed E-state index contributed by atoms with van der Waals surface area (Å²) in [7, 11) is -2.00. The molecule has 0 aliphatic carbocycles. The molecule has 0 fully saturated rings. The monoisotopic (exact) mass is 434 g/mol. The fraction of sp³-hybridized carbons (Fsp3) is 0.208.